The highest BCUT2D eigenvalue weighted by Gasteiger charge is 2.23. The lowest BCUT2D eigenvalue weighted by molar-refractivity contribution is -0.137. The number of hydrogen-bond donors (Lipinski definition) is 0. The second-order valence-electron chi connectivity index (χ2n) is 5.69. The third-order valence-corrected chi connectivity index (χ3v) is 4.11. The molecule has 1 aliphatic rings. The Balaban J connectivity index is 2.22. The summed E-state index contributed by atoms with van der Waals surface area (Å²) in [5.41, 5.74) is 1.98. The maximum atomic E-state index is 12.4. The van der Waals surface area contributed by atoms with Gasteiger partial charge in [0.25, 0.3) is 0 Å². The van der Waals surface area contributed by atoms with Gasteiger partial charge in [0.15, 0.2) is 0 Å². The molecular weight excluding hydrogens is 276 g/mol. The van der Waals surface area contributed by atoms with Crippen LogP contribution in [0.5, 0.6) is 0 Å². The van der Waals surface area contributed by atoms with Crippen LogP contribution in [0.1, 0.15) is 62.5 Å². The second-order valence-corrected chi connectivity index (χ2v) is 5.69. The number of carbonyl (C=O) groups excluding carboxylic acids is 2. The van der Waals surface area contributed by atoms with Crippen LogP contribution in [-0.4, -0.2) is 18.4 Å². The molecule has 1 aromatic rings. The summed E-state index contributed by atoms with van der Waals surface area (Å²) in [5.74, 6) is -0.0543. The average molecular weight is 300 g/mol. The molecule has 0 saturated heterocycles. The molecule has 0 aromatic heterocycles. The van der Waals surface area contributed by atoms with Gasteiger partial charge in [-0.05, 0) is 37.0 Å². The molecule has 1 unspecified atom stereocenters. The van der Waals surface area contributed by atoms with Crippen molar-refractivity contribution in [2.24, 2.45) is 0 Å². The van der Waals surface area contributed by atoms with Crippen LogP contribution >= 0.6 is 0 Å². The first kappa shape index (κ1) is 16.5. The van der Waals surface area contributed by atoms with Gasteiger partial charge < -0.3 is 4.74 Å². The minimum Gasteiger partial charge on any atom is -0.463 e. The normalized spacial score (nSPS) is 19.7. The molecule has 0 radical (unpaired) electrons. The fraction of sp³-hybridized carbons (Fsp3) is 0.474. The number of hydrogen-bond acceptors (Lipinski definition) is 3. The van der Waals surface area contributed by atoms with E-state index in [9.17, 15) is 9.59 Å². The Morgan fingerprint density at radius 1 is 1.23 bits per heavy atom. The van der Waals surface area contributed by atoms with Crippen molar-refractivity contribution in [3.05, 3.63) is 41.5 Å². The molecule has 1 saturated carbocycles. The molecule has 0 N–H and O–H groups in total. The monoisotopic (exact) mass is 300 g/mol. The number of carbonyl (C=O) groups is 2. The summed E-state index contributed by atoms with van der Waals surface area (Å²) < 4.78 is 4.91. The van der Waals surface area contributed by atoms with E-state index < -0.39 is 0 Å². The van der Waals surface area contributed by atoms with Crippen LogP contribution < -0.4 is 0 Å². The van der Waals surface area contributed by atoms with Crippen molar-refractivity contribution in [2.45, 2.75) is 51.4 Å². The Bertz CT molecular complexity index is 545. The van der Waals surface area contributed by atoms with Gasteiger partial charge in [0.05, 0.1) is 6.61 Å². The highest BCUT2D eigenvalue weighted by Crippen LogP contribution is 2.31. The predicted octanol–water partition coefficient (Wildman–Crippen LogP) is 4.27. The second kappa shape index (κ2) is 8.52. The molecule has 3 nitrogen and oxygen atoms in total. The molecule has 3 heteroatoms. The molecular formula is C19H24O3. The average Bonchev–Trinajstić information content (AvgIpc) is 2.50. The maximum Gasteiger partial charge on any atom is 0.330 e. The van der Waals surface area contributed by atoms with E-state index in [2.05, 4.69) is 0 Å². The Kier molecular flexibility index (Phi) is 6.38. The standard InChI is InChI=1S/C19H24O3/c1-2-22-19(21)14-13-15-9-7-8-10-16(15)17-11-5-3-4-6-12-18(17)20/h7-10,13-14,17H,2-6,11-12H2,1H3/b14-13+. The summed E-state index contributed by atoms with van der Waals surface area (Å²) in [7, 11) is 0. The number of ether oxygens (including phenoxy) is 1. The third-order valence-electron chi connectivity index (χ3n) is 4.11. The van der Waals surface area contributed by atoms with Gasteiger partial charge in [-0.2, -0.15) is 0 Å². The summed E-state index contributed by atoms with van der Waals surface area (Å²) >= 11 is 0. The van der Waals surface area contributed by atoms with Crippen molar-refractivity contribution in [3.8, 4) is 0 Å². The lowest BCUT2D eigenvalue weighted by atomic mass is 9.83. The molecule has 1 fully saturated rings. The van der Waals surface area contributed by atoms with Crippen molar-refractivity contribution in [1.29, 1.82) is 0 Å². The lowest BCUT2D eigenvalue weighted by Crippen LogP contribution is -2.15. The Morgan fingerprint density at radius 2 is 2.00 bits per heavy atom. The molecule has 0 aliphatic heterocycles. The molecule has 0 spiro atoms. The van der Waals surface area contributed by atoms with Gasteiger partial charge in [0.1, 0.15) is 5.78 Å². The molecule has 22 heavy (non-hydrogen) atoms. The molecule has 0 bridgehead atoms. The van der Waals surface area contributed by atoms with Crippen LogP contribution in [0.15, 0.2) is 30.3 Å². The molecule has 0 heterocycles. The first-order chi connectivity index (χ1) is 10.7. The zero-order valence-corrected chi connectivity index (χ0v) is 13.2. The summed E-state index contributed by atoms with van der Waals surface area (Å²) in [4.78, 5) is 23.9. The quantitative estimate of drug-likeness (QED) is 0.616. The van der Waals surface area contributed by atoms with Gasteiger partial charge in [-0.25, -0.2) is 4.79 Å². The van der Waals surface area contributed by atoms with Gasteiger partial charge in [0, 0.05) is 18.4 Å². The molecule has 0 amide bonds. The van der Waals surface area contributed by atoms with Gasteiger partial charge >= 0.3 is 5.97 Å². The Hall–Kier alpha value is -1.90. The molecule has 2 rings (SSSR count). The summed E-state index contributed by atoms with van der Waals surface area (Å²) in [5, 5.41) is 0. The van der Waals surface area contributed by atoms with Crippen molar-refractivity contribution in [1.82, 2.24) is 0 Å². The minimum atomic E-state index is -0.346. The Morgan fingerprint density at radius 3 is 2.82 bits per heavy atom. The maximum absolute atomic E-state index is 12.4. The highest BCUT2D eigenvalue weighted by atomic mass is 16.5. The molecule has 1 atom stereocenters. The summed E-state index contributed by atoms with van der Waals surface area (Å²) in [6.45, 7) is 2.15. The number of Topliss-reactive ketones (excluding diaryl/α,β-unsaturated/α-hetero) is 1. The smallest absolute Gasteiger partial charge is 0.330 e. The van der Waals surface area contributed by atoms with Crippen molar-refractivity contribution in [2.75, 3.05) is 6.61 Å². The van der Waals surface area contributed by atoms with Gasteiger partial charge in [-0.3, -0.25) is 4.79 Å². The van der Waals surface area contributed by atoms with E-state index in [1.807, 2.05) is 24.3 Å². The fourth-order valence-electron chi connectivity index (χ4n) is 2.99. The number of rotatable bonds is 4. The van der Waals surface area contributed by atoms with Crippen molar-refractivity contribution in [3.63, 3.8) is 0 Å². The van der Waals surface area contributed by atoms with Gasteiger partial charge in [-0.15, -0.1) is 0 Å². The zero-order valence-electron chi connectivity index (χ0n) is 13.2. The first-order valence-corrected chi connectivity index (χ1v) is 8.19. The van der Waals surface area contributed by atoms with E-state index in [1.165, 1.54) is 12.5 Å². The SMILES string of the molecule is CCOC(=O)/C=C/c1ccccc1C1CCCCCCC1=O. The van der Waals surface area contributed by atoms with E-state index >= 15 is 0 Å². The summed E-state index contributed by atoms with van der Waals surface area (Å²) in [6, 6.07) is 7.86. The van der Waals surface area contributed by atoms with Crippen molar-refractivity contribution >= 4 is 17.8 Å². The highest BCUT2D eigenvalue weighted by molar-refractivity contribution is 5.89. The molecule has 1 aromatic carbocycles. The number of ketones is 1. The van der Waals surface area contributed by atoms with Crippen LogP contribution in [-0.2, 0) is 14.3 Å². The first-order valence-electron chi connectivity index (χ1n) is 8.19. The fourth-order valence-corrected chi connectivity index (χ4v) is 2.99. The van der Waals surface area contributed by atoms with E-state index in [4.69, 9.17) is 4.74 Å². The van der Waals surface area contributed by atoms with Crippen LogP contribution in [0.2, 0.25) is 0 Å². The Labute approximate surface area is 132 Å². The summed E-state index contributed by atoms with van der Waals surface area (Å²) in [6.07, 6.45) is 9.22. The number of esters is 1. The predicted molar refractivity (Wildman–Crippen MR) is 87.6 cm³/mol. The minimum absolute atomic E-state index is 0.0386. The van der Waals surface area contributed by atoms with Gasteiger partial charge in [-0.1, -0.05) is 43.5 Å². The van der Waals surface area contributed by atoms with Crippen LogP contribution in [0.25, 0.3) is 6.08 Å². The van der Waals surface area contributed by atoms with E-state index in [-0.39, 0.29) is 11.9 Å². The van der Waals surface area contributed by atoms with Crippen LogP contribution in [0.3, 0.4) is 0 Å². The van der Waals surface area contributed by atoms with Gasteiger partial charge in [0.2, 0.25) is 0 Å². The van der Waals surface area contributed by atoms with Crippen molar-refractivity contribution < 1.29 is 14.3 Å². The van der Waals surface area contributed by atoms with E-state index in [1.54, 1.807) is 13.0 Å². The molecule has 1 aliphatic carbocycles. The van der Waals surface area contributed by atoms with Crippen LogP contribution in [0.4, 0.5) is 0 Å². The molecule has 118 valence electrons. The topological polar surface area (TPSA) is 43.4 Å². The van der Waals surface area contributed by atoms with E-state index in [0.717, 1.165) is 36.8 Å². The number of benzene rings is 1. The van der Waals surface area contributed by atoms with Crippen LogP contribution in [0, 0.1) is 0 Å². The lowest BCUT2D eigenvalue weighted by Gasteiger charge is -2.20. The zero-order chi connectivity index (χ0) is 15.8. The third kappa shape index (κ3) is 4.55. The largest absolute Gasteiger partial charge is 0.463 e. The van der Waals surface area contributed by atoms with E-state index in [0.29, 0.717) is 18.8 Å².